The van der Waals surface area contributed by atoms with Gasteiger partial charge in [-0.05, 0) is 55.3 Å². The summed E-state index contributed by atoms with van der Waals surface area (Å²) < 4.78 is 79.4. The van der Waals surface area contributed by atoms with E-state index in [-0.39, 0.29) is 10.6 Å². The molecule has 26 heavy (non-hydrogen) atoms. The Morgan fingerprint density at radius 2 is 1.58 bits per heavy atom. The first-order valence-corrected chi connectivity index (χ1v) is 9.40. The van der Waals surface area contributed by atoms with Gasteiger partial charge in [0.15, 0.2) is 0 Å². The van der Waals surface area contributed by atoms with Crippen LogP contribution in [0.15, 0.2) is 47.4 Å². The molecule has 0 saturated carbocycles. The molecule has 1 heterocycles. The van der Waals surface area contributed by atoms with Gasteiger partial charge in [0.05, 0.1) is 21.8 Å². The van der Waals surface area contributed by atoms with E-state index in [1.54, 1.807) is 0 Å². The van der Waals surface area contributed by atoms with Gasteiger partial charge in [-0.1, -0.05) is 0 Å². The zero-order valence-electron chi connectivity index (χ0n) is 13.6. The van der Waals surface area contributed by atoms with Gasteiger partial charge >= 0.3 is 6.18 Å². The molecule has 4 nitrogen and oxygen atoms in total. The van der Waals surface area contributed by atoms with Crippen LogP contribution in [0.4, 0.5) is 28.9 Å². The number of nitrogens with one attached hydrogen (secondary N) is 1. The lowest BCUT2D eigenvalue weighted by atomic mass is 10.1. The Bertz CT molecular complexity index is 890. The average Bonchev–Trinajstić information content (AvgIpc) is 3.08. The lowest BCUT2D eigenvalue weighted by Crippen LogP contribution is -2.22. The molecular formula is C17H16F4N2O2S. The molecule has 0 aromatic heterocycles. The van der Waals surface area contributed by atoms with Crippen molar-refractivity contribution in [2.45, 2.75) is 23.9 Å². The largest absolute Gasteiger partial charge is 0.416 e. The molecule has 0 spiro atoms. The highest BCUT2D eigenvalue weighted by Crippen LogP contribution is 2.37. The lowest BCUT2D eigenvalue weighted by Gasteiger charge is -2.23. The first-order chi connectivity index (χ1) is 12.2. The number of alkyl halides is 3. The number of hydrogen-bond acceptors (Lipinski definition) is 3. The lowest BCUT2D eigenvalue weighted by molar-refractivity contribution is -0.137. The van der Waals surface area contributed by atoms with E-state index in [1.165, 1.54) is 6.07 Å². The van der Waals surface area contributed by atoms with E-state index in [2.05, 4.69) is 4.72 Å². The minimum absolute atomic E-state index is 0.147. The van der Waals surface area contributed by atoms with E-state index >= 15 is 0 Å². The predicted octanol–water partition coefficient (Wildman–Crippen LogP) is 4.25. The summed E-state index contributed by atoms with van der Waals surface area (Å²) in [7, 11) is -4.16. The molecule has 9 heteroatoms. The molecule has 1 aliphatic rings. The predicted molar refractivity (Wildman–Crippen MR) is 90.1 cm³/mol. The number of anilines is 2. The minimum Gasteiger partial charge on any atom is -0.370 e. The molecule has 0 aliphatic carbocycles. The monoisotopic (exact) mass is 388 g/mol. The molecule has 0 bridgehead atoms. The van der Waals surface area contributed by atoms with Gasteiger partial charge in [0.1, 0.15) is 5.82 Å². The Morgan fingerprint density at radius 1 is 0.962 bits per heavy atom. The van der Waals surface area contributed by atoms with Gasteiger partial charge in [-0.2, -0.15) is 13.2 Å². The highest BCUT2D eigenvalue weighted by atomic mass is 32.2. The van der Waals surface area contributed by atoms with Crippen molar-refractivity contribution in [1.82, 2.24) is 0 Å². The summed E-state index contributed by atoms with van der Waals surface area (Å²) in [5.41, 5.74) is -0.704. The maximum absolute atomic E-state index is 13.0. The third kappa shape index (κ3) is 3.92. The van der Waals surface area contributed by atoms with E-state index in [9.17, 15) is 26.0 Å². The van der Waals surface area contributed by atoms with Gasteiger partial charge < -0.3 is 4.90 Å². The summed E-state index contributed by atoms with van der Waals surface area (Å²) in [5, 5.41) is 0. The molecule has 2 aromatic rings. The van der Waals surface area contributed by atoms with Crippen LogP contribution in [-0.4, -0.2) is 21.5 Å². The topological polar surface area (TPSA) is 49.4 Å². The van der Waals surface area contributed by atoms with E-state index in [0.717, 1.165) is 49.2 Å². The van der Waals surface area contributed by atoms with Crippen molar-refractivity contribution in [2.75, 3.05) is 22.7 Å². The quantitative estimate of drug-likeness (QED) is 0.797. The Balaban J connectivity index is 2.01. The van der Waals surface area contributed by atoms with Crippen LogP contribution in [0.3, 0.4) is 0 Å². The fraction of sp³-hybridized carbons (Fsp3) is 0.294. The Hall–Kier alpha value is -2.29. The third-order valence-electron chi connectivity index (χ3n) is 4.14. The molecule has 1 saturated heterocycles. The van der Waals surface area contributed by atoms with Crippen molar-refractivity contribution >= 4 is 21.4 Å². The summed E-state index contributed by atoms with van der Waals surface area (Å²) >= 11 is 0. The van der Waals surface area contributed by atoms with Crippen LogP contribution >= 0.6 is 0 Å². The van der Waals surface area contributed by atoms with Crippen molar-refractivity contribution in [3.8, 4) is 0 Å². The summed E-state index contributed by atoms with van der Waals surface area (Å²) in [6.45, 7) is 1.27. The van der Waals surface area contributed by atoms with Gasteiger partial charge in [-0.3, -0.25) is 4.72 Å². The van der Waals surface area contributed by atoms with Crippen molar-refractivity contribution in [2.24, 2.45) is 0 Å². The molecule has 0 radical (unpaired) electrons. The Morgan fingerprint density at radius 3 is 2.15 bits per heavy atom. The molecular weight excluding hydrogens is 372 g/mol. The Labute approximate surface area is 148 Å². The standard InChI is InChI=1S/C17H16F4N2O2S/c18-13-4-6-14(7-5-13)26(24,25)22-15-11-12(17(19,20)21)3-8-16(15)23-9-1-2-10-23/h3-8,11,22H,1-2,9-10H2. The van der Waals surface area contributed by atoms with Crippen LogP contribution in [-0.2, 0) is 16.2 Å². The fourth-order valence-corrected chi connectivity index (χ4v) is 3.91. The molecule has 1 fully saturated rings. The molecule has 0 amide bonds. The van der Waals surface area contributed by atoms with Gasteiger partial charge in [0.25, 0.3) is 10.0 Å². The normalized spacial score (nSPS) is 15.3. The number of benzene rings is 2. The van der Waals surface area contributed by atoms with Crippen molar-refractivity contribution in [3.05, 3.63) is 53.8 Å². The smallest absolute Gasteiger partial charge is 0.370 e. The molecule has 140 valence electrons. The summed E-state index contributed by atoms with van der Waals surface area (Å²) in [5.74, 6) is -0.610. The maximum Gasteiger partial charge on any atom is 0.416 e. The molecule has 2 aromatic carbocycles. The number of halogens is 4. The minimum atomic E-state index is -4.60. The highest BCUT2D eigenvalue weighted by Gasteiger charge is 2.32. The van der Waals surface area contributed by atoms with Crippen molar-refractivity contribution in [3.63, 3.8) is 0 Å². The van der Waals surface area contributed by atoms with Crippen LogP contribution in [0.25, 0.3) is 0 Å². The zero-order chi connectivity index (χ0) is 18.9. The number of rotatable bonds is 4. The van der Waals surface area contributed by atoms with Crippen LogP contribution in [0.2, 0.25) is 0 Å². The molecule has 1 aliphatic heterocycles. The van der Waals surface area contributed by atoms with Crippen LogP contribution in [0.1, 0.15) is 18.4 Å². The first-order valence-electron chi connectivity index (χ1n) is 7.91. The summed E-state index contributed by atoms with van der Waals surface area (Å²) in [6.07, 6.45) is -2.84. The molecule has 3 rings (SSSR count). The van der Waals surface area contributed by atoms with Gasteiger partial charge in [0.2, 0.25) is 0 Å². The molecule has 1 N–H and O–H groups in total. The number of sulfonamides is 1. The van der Waals surface area contributed by atoms with Crippen LogP contribution in [0.5, 0.6) is 0 Å². The molecule has 0 unspecified atom stereocenters. The zero-order valence-corrected chi connectivity index (χ0v) is 14.4. The van der Waals surface area contributed by atoms with E-state index in [1.807, 2.05) is 4.90 Å². The van der Waals surface area contributed by atoms with Crippen molar-refractivity contribution in [1.29, 1.82) is 0 Å². The molecule has 0 atom stereocenters. The highest BCUT2D eigenvalue weighted by molar-refractivity contribution is 7.92. The average molecular weight is 388 g/mol. The SMILES string of the molecule is O=S(=O)(Nc1cc(C(F)(F)F)ccc1N1CCCC1)c1ccc(F)cc1. The van der Waals surface area contributed by atoms with E-state index in [0.29, 0.717) is 18.8 Å². The third-order valence-corrected chi connectivity index (χ3v) is 5.52. The van der Waals surface area contributed by atoms with Gasteiger partial charge in [0, 0.05) is 13.1 Å². The first kappa shape index (κ1) is 18.5. The summed E-state index contributed by atoms with van der Waals surface area (Å²) in [4.78, 5) is 1.60. The summed E-state index contributed by atoms with van der Waals surface area (Å²) in [6, 6.07) is 7.06. The number of nitrogens with zero attached hydrogens (tertiary/aromatic N) is 1. The van der Waals surface area contributed by atoms with Gasteiger partial charge in [-0.25, -0.2) is 12.8 Å². The number of hydrogen-bond donors (Lipinski definition) is 1. The van der Waals surface area contributed by atoms with Crippen LogP contribution < -0.4 is 9.62 Å². The van der Waals surface area contributed by atoms with Crippen LogP contribution in [0, 0.1) is 5.82 Å². The van der Waals surface area contributed by atoms with E-state index < -0.39 is 27.6 Å². The second-order valence-electron chi connectivity index (χ2n) is 5.98. The second kappa shape index (κ2) is 6.79. The maximum atomic E-state index is 13.0. The second-order valence-corrected chi connectivity index (χ2v) is 7.67. The van der Waals surface area contributed by atoms with E-state index in [4.69, 9.17) is 0 Å². The Kier molecular flexibility index (Phi) is 4.83. The van der Waals surface area contributed by atoms with Crippen molar-refractivity contribution < 1.29 is 26.0 Å². The fourth-order valence-electron chi connectivity index (χ4n) is 2.85. The van der Waals surface area contributed by atoms with Gasteiger partial charge in [-0.15, -0.1) is 0 Å².